The van der Waals surface area contributed by atoms with Gasteiger partial charge >= 0.3 is 0 Å². The van der Waals surface area contributed by atoms with Gasteiger partial charge in [-0.25, -0.2) is 0 Å². The van der Waals surface area contributed by atoms with Gasteiger partial charge in [0.15, 0.2) is 5.96 Å². The number of hydrogen-bond donors (Lipinski definition) is 2. The van der Waals surface area contributed by atoms with Crippen molar-refractivity contribution in [2.24, 2.45) is 4.99 Å². The molecule has 0 aromatic heterocycles. The number of aliphatic imine (C=N–C) groups is 1. The molecule has 0 spiro atoms. The van der Waals surface area contributed by atoms with E-state index in [0.717, 1.165) is 19.3 Å². The van der Waals surface area contributed by atoms with Gasteiger partial charge in [-0.2, -0.15) is 0 Å². The Morgan fingerprint density at radius 2 is 2.07 bits per heavy atom. The zero-order chi connectivity index (χ0) is 11.5. The number of hydrogen-bond acceptors (Lipinski definition) is 2. The van der Waals surface area contributed by atoms with Crippen LogP contribution in [0, 0.1) is 0 Å². The molecular formula is C11H21N3O. The molecule has 15 heavy (non-hydrogen) atoms. The highest BCUT2D eigenvalue weighted by Crippen LogP contribution is 2.21. The fourth-order valence-electron chi connectivity index (χ4n) is 1.89. The third kappa shape index (κ3) is 2.49. The maximum atomic E-state index is 11.9. The first-order chi connectivity index (χ1) is 7.04. The summed E-state index contributed by atoms with van der Waals surface area (Å²) in [5.74, 6) is 0.691. The zero-order valence-corrected chi connectivity index (χ0v) is 10.1. The van der Waals surface area contributed by atoms with Gasteiger partial charge in [-0.1, -0.05) is 20.3 Å². The van der Waals surface area contributed by atoms with E-state index >= 15 is 0 Å². The molecule has 86 valence electrons. The van der Waals surface area contributed by atoms with Gasteiger partial charge in [0.2, 0.25) is 0 Å². The summed E-state index contributed by atoms with van der Waals surface area (Å²) in [6.45, 7) is 8.10. The maximum absolute atomic E-state index is 11.9. The van der Waals surface area contributed by atoms with Crippen LogP contribution in [0.25, 0.3) is 0 Å². The second-order valence-corrected chi connectivity index (χ2v) is 4.34. The van der Waals surface area contributed by atoms with Crippen LogP contribution in [0.2, 0.25) is 0 Å². The van der Waals surface area contributed by atoms with E-state index in [1.807, 2.05) is 20.8 Å². The van der Waals surface area contributed by atoms with Crippen LogP contribution in [-0.4, -0.2) is 23.4 Å². The third-order valence-corrected chi connectivity index (χ3v) is 2.69. The van der Waals surface area contributed by atoms with Crippen molar-refractivity contribution in [3.63, 3.8) is 0 Å². The molecule has 1 heterocycles. The minimum absolute atomic E-state index is 0.0613. The monoisotopic (exact) mass is 211 g/mol. The molecule has 0 aromatic rings. The number of rotatable bonds is 4. The third-order valence-electron chi connectivity index (χ3n) is 2.69. The van der Waals surface area contributed by atoms with Crippen LogP contribution in [0.15, 0.2) is 4.99 Å². The lowest BCUT2D eigenvalue weighted by Crippen LogP contribution is -2.46. The molecular weight excluding hydrogens is 190 g/mol. The summed E-state index contributed by atoms with van der Waals surface area (Å²) in [5, 5.41) is 6.04. The smallest absolute Gasteiger partial charge is 0.252 e. The summed E-state index contributed by atoms with van der Waals surface area (Å²) in [4.78, 5) is 16.2. The highest BCUT2D eigenvalue weighted by Gasteiger charge is 2.42. The van der Waals surface area contributed by atoms with Gasteiger partial charge in [-0.15, -0.1) is 0 Å². The van der Waals surface area contributed by atoms with Crippen molar-refractivity contribution < 1.29 is 4.79 Å². The van der Waals surface area contributed by atoms with Crippen molar-refractivity contribution in [3.05, 3.63) is 0 Å². The Labute approximate surface area is 91.5 Å². The molecule has 0 saturated carbocycles. The SMILES string of the molecule is CCCC1(CC)NC(=NC(C)C)NC1=O. The fraction of sp³-hybridized carbons (Fsp3) is 0.818. The molecule has 1 fully saturated rings. The highest BCUT2D eigenvalue weighted by atomic mass is 16.2. The number of nitrogens with one attached hydrogen (secondary N) is 2. The van der Waals surface area contributed by atoms with Gasteiger partial charge in [0.1, 0.15) is 5.54 Å². The van der Waals surface area contributed by atoms with Gasteiger partial charge < -0.3 is 5.32 Å². The zero-order valence-electron chi connectivity index (χ0n) is 10.1. The Kier molecular flexibility index (Phi) is 3.72. The molecule has 0 aromatic carbocycles. The van der Waals surface area contributed by atoms with Crippen LogP contribution in [0.1, 0.15) is 47.0 Å². The Morgan fingerprint density at radius 3 is 2.53 bits per heavy atom. The van der Waals surface area contributed by atoms with E-state index in [-0.39, 0.29) is 11.9 Å². The molecule has 1 aliphatic rings. The minimum Gasteiger partial charge on any atom is -0.342 e. The van der Waals surface area contributed by atoms with E-state index in [2.05, 4.69) is 22.5 Å². The molecule has 1 amide bonds. The van der Waals surface area contributed by atoms with Crippen LogP contribution < -0.4 is 10.6 Å². The van der Waals surface area contributed by atoms with Crippen molar-refractivity contribution in [1.82, 2.24) is 10.6 Å². The van der Waals surface area contributed by atoms with Crippen LogP contribution >= 0.6 is 0 Å². The largest absolute Gasteiger partial charge is 0.342 e. The van der Waals surface area contributed by atoms with E-state index in [0.29, 0.717) is 5.96 Å². The van der Waals surface area contributed by atoms with Gasteiger partial charge in [0.25, 0.3) is 5.91 Å². The van der Waals surface area contributed by atoms with Gasteiger partial charge in [0, 0.05) is 6.04 Å². The Morgan fingerprint density at radius 1 is 1.40 bits per heavy atom. The lowest BCUT2D eigenvalue weighted by atomic mass is 9.91. The Bertz CT molecular complexity index is 273. The average molecular weight is 211 g/mol. The van der Waals surface area contributed by atoms with Crippen molar-refractivity contribution in [1.29, 1.82) is 0 Å². The standard InChI is InChI=1S/C11H21N3O/c1-5-7-11(6-2)9(15)13-10(14-11)12-8(3)4/h8H,5-7H2,1-4H3,(H2,12,13,14,15). The molecule has 0 radical (unpaired) electrons. The van der Waals surface area contributed by atoms with E-state index in [4.69, 9.17) is 0 Å². The first-order valence-electron chi connectivity index (χ1n) is 5.71. The first-order valence-corrected chi connectivity index (χ1v) is 5.71. The molecule has 0 aliphatic carbocycles. The quantitative estimate of drug-likeness (QED) is 0.739. The second-order valence-electron chi connectivity index (χ2n) is 4.34. The van der Waals surface area contributed by atoms with Crippen molar-refractivity contribution in [3.8, 4) is 0 Å². The molecule has 1 unspecified atom stereocenters. The molecule has 2 N–H and O–H groups in total. The van der Waals surface area contributed by atoms with E-state index in [1.165, 1.54) is 0 Å². The number of carbonyl (C=O) groups excluding carboxylic acids is 1. The van der Waals surface area contributed by atoms with Crippen molar-refractivity contribution in [2.45, 2.75) is 58.5 Å². The Hall–Kier alpha value is -1.06. The summed E-state index contributed by atoms with van der Waals surface area (Å²) in [7, 11) is 0. The average Bonchev–Trinajstić information content (AvgIpc) is 2.43. The van der Waals surface area contributed by atoms with E-state index < -0.39 is 5.54 Å². The van der Waals surface area contributed by atoms with Gasteiger partial charge in [0.05, 0.1) is 0 Å². The molecule has 1 saturated heterocycles. The van der Waals surface area contributed by atoms with Crippen LogP contribution in [0.4, 0.5) is 0 Å². The molecule has 1 rings (SSSR count). The second kappa shape index (κ2) is 4.64. The van der Waals surface area contributed by atoms with Gasteiger partial charge in [-0.3, -0.25) is 15.1 Å². The molecule has 4 nitrogen and oxygen atoms in total. The number of guanidine groups is 1. The van der Waals surface area contributed by atoms with E-state index in [1.54, 1.807) is 0 Å². The van der Waals surface area contributed by atoms with Crippen molar-refractivity contribution in [2.75, 3.05) is 0 Å². The molecule has 0 bridgehead atoms. The summed E-state index contributed by atoms with van der Waals surface area (Å²) in [5.41, 5.74) is -0.428. The van der Waals surface area contributed by atoms with Crippen LogP contribution in [0.3, 0.4) is 0 Å². The fourth-order valence-corrected chi connectivity index (χ4v) is 1.89. The van der Waals surface area contributed by atoms with Crippen LogP contribution in [-0.2, 0) is 4.79 Å². The maximum Gasteiger partial charge on any atom is 0.252 e. The summed E-state index contributed by atoms with van der Waals surface area (Å²) >= 11 is 0. The van der Waals surface area contributed by atoms with E-state index in [9.17, 15) is 4.79 Å². The Balaban J connectivity index is 2.81. The van der Waals surface area contributed by atoms with Crippen molar-refractivity contribution >= 4 is 11.9 Å². The minimum atomic E-state index is -0.428. The summed E-state index contributed by atoms with van der Waals surface area (Å²) < 4.78 is 0. The lowest BCUT2D eigenvalue weighted by Gasteiger charge is -2.23. The molecule has 4 heteroatoms. The summed E-state index contributed by atoms with van der Waals surface area (Å²) in [6, 6.07) is 0.196. The normalized spacial score (nSPS) is 28.3. The number of amides is 1. The lowest BCUT2D eigenvalue weighted by molar-refractivity contribution is -0.124. The summed E-state index contributed by atoms with van der Waals surface area (Å²) in [6.07, 6.45) is 2.64. The highest BCUT2D eigenvalue weighted by molar-refractivity contribution is 6.09. The van der Waals surface area contributed by atoms with Gasteiger partial charge in [-0.05, 0) is 26.7 Å². The topological polar surface area (TPSA) is 53.5 Å². The number of carbonyl (C=O) groups is 1. The molecule has 1 aliphatic heterocycles. The number of nitrogens with zero attached hydrogens (tertiary/aromatic N) is 1. The van der Waals surface area contributed by atoms with Crippen LogP contribution in [0.5, 0.6) is 0 Å². The predicted octanol–water partition coefficient (Wildman–Crippen LogP) is 1.42. The predicted molar refractivity (Wildman–Crippen MR) is 61.8 cm³/mol. The first kappa shape index (κ1) is 12.0. The molecule has 1 atom stereocenters.